The molecule has 0 saturated heterocycles. The van der Waals surface area contributed by atoms with Crippen LogP contribution in [0.1, 0.15) is 44.1 Å². The van der Waals surface area contributed by atoms with Gasteiger partial charge in [0.2, 0.25) is 0 Å². The van der Waals surface area contributed by atoms with Gasteiger partial charge in [-0.1, -0.05) is 56.0 Å². The van der Waals surface area contributed by atoms with Gasteiger partial charge in [-0.25, -0.2) is 0 Å². The van der Waals surface area contributed by atoms with Gasteiger partial charge in [0.05, 0.1) is 0 Å². The third-order valence-corrected chi connectivity index (χ3v) is 4.98. The second-order valence-corrected chi connectivity index (χ2v) is 7.20. The average molecular weight is 381 g/mol. The van der Waals surface area contributed by atoms with Gasteiger partial charge in [0.15, 0.2) is 6.61 Å². The normalized spacial score (nSPS) is 13.9. The summed E-state index contributed by atoms with van der Waals surface area (Å²) in [6, 6.07) is 17.0. The number of esters is 1. The fourth-order valence-electron chi connectivity index (χ4n) is 3.41. The number of carbonyl (C=O) groups is 2. The van der Waals surface area contributed by atoms with E-state index in [0.29, 0.717) is 24.6 Å². The fourth-order valence-corrected chi connectivity index (χ4v) is 3.41. The van der Waals surface area contributed by atoms with E-state index >= 15 is 0 Å². The lowest BCUT2D eigenvalue weighted by Gasteiger charge is -2.10. The fraction of sp³-hybridized carbons (Fsp3) is 0.391. The van der Waals surface area contributed by atoms with E-state index < -0.39 is 0 Å². The molecule has 1 aliphatic carbocycles. The second-order valence-electron chi connectivity index (χ2n) is 7.20. The summed E-state index contributed by atoms with van der Waals surface area (Å²) in [4.78, 5) is 23.7. The lowest BCUT2D eigenvalue weighted by atomic mass is 10.0. The molecule has 5 nitrogen and oxygen atoms in total. The zero-order chi connectivity index (χ0) is 19.6. The van der Waals surface area contributed by atoms with E-state index in [0.717, 1.165) is 17.7 Å². The predicted molar refractivity (Wildman–Crippen MR) is 108 cm³/mol. The van der Waals surface area contributed by atoms with Crippen molar-refractivity contribution in [1.29, 1.82) is 0 Å². The summed E-state index contributed by atoms with van der Waals surface area (Å²) in [5.74, 6) is 0.725. The van der Waals surface area contributed by atoms with Crippen LogP contribution in [-0.2, 0) is 20.9 Å². The minimum absolute atomic E-state index is 0.254. The second kappa shape index (κ2) is 10.5. The molecule has 0 spiro atoms. The maximum Gasteiger partial charge on any atom is 0.306 e. The molecule has 0 aromatic heterocycles. The van der Waals surface area contributed by atoms with Gasteiger partial charge in [0, 0.05) is 12.1 Å². The topological polar surface area (TPSA) is 64.6 Å². The van der Waals surface area contributed by atoms with Crippen molar-refractivity contribution in [3.63, 3.8) is 0 Å². The van der Waals surface area contributed by atoms with Gasteiger partial charge < -0.3 is 14.8 Å². The van der Waals surface area contributed by atoms with E-state index in [2.05, 4.69) is 5.32 Å². The van der Waals surface area contributed by atoms with E-state index in [4.69, 9.17) is 9.47 Å². The van der Waals surface area contributed by atoms with Gasteiger partial charge in [-0.15, -0.1) is 0 Å². The van der Waals surface area contributed by atoms with Crippen molar-refractivity contribution < 1.29 is 19.1 Å². The monoisotopic (exact) mass is 381 g/mol. The van der Waals surface area contributed by atoms with Gasteiger partial charge in [-0.2, -0.15) is 0 Å². The molecule has 5 heteroatoms. The highest BCUT2D eigenvalue weighted by Gasteiger charge is 2.17. The zero-order valence-corrected chi connectivity index (χ0v) is 16.1. The number of hydrogen-bond donors (Lipinski definition) is 1. The van der Waals surface area contributed by atoms with Crippen LogP contribution >= 0.6 is 0 Å². The Morgan fingerprint density at radius 3 is 2.39 bits per heavy atom. The molecule has 3 rings (SSSR count). The first-order valence-corrected chi connectivity index (χ1v) is 9.91. The number of nitrogens with one attached hydrogen (secondary N) is 1. The van der Waals surface area contributed by atoms with Crippen LogP contribution in [0.5, 0.6) is 5.75 Å². The Bertz CT molecular complexity index is 752. The molecule has 2 aromatic carbocycles. The third kappa shape index (κ3) is 6.72. The van der Waals surface area contributed by atoms with Crippen LogP contribution in [0.15, 0.2) is 54.6 Å². The summed E-state index contributed by atoms with van der Waals surface area (Å²) >= 11 is 0. The van der Waals surface area contributed by atoms with Crippen molar-refractivity contribution >= 4 is 17.6 Å². The highest BCUT2D eigenvalue weighted by molar-refractivity contribution is 5.92. The summed E-state index contributed by atoms with van der Waals surface area (Å²) in [5, 5.41) is 2.72. The summed E-state index contributed by atoms with van der Waals surface area (Å²) < 4.78 is 10.8. The molecular weight excluding hydrogens is 354 g/mol. The molecule has 0 atom stereocenters. The number of carbonyl (C=O) groups excluding carboxylic acids is 2. The number of amides is 1. The first kappa shape index (κ1) is 19.9. The summed E-state index contributed by atoms with van der Waals surface area (Å²) in [7, 11) is 0. The highest BCUT2D eigenvalue weighted by Crippen LogP contribution is 2.28. The number of anilines is 1. The molecule has 148 valence electrons. The van der Waals surface area contributed by atoms with Crippen molar-refractivity contribution in [2.24, 2.45) is 5.92 Å². The van der Waals surface area contributed by atoms with Crippen molar-refractivity contribution in [3.05, 3.63) is 60.2 Å². The largest absolute Gasteiger partial charge is 0.489 e. The summed E-state index contributed by atoms with van der Waals surface area (Å²) in [5.41, 5.74) is 1.73. The van der Waals surface area contributed by atoms with Crippen LogP contribution in [-0.4, -0.2) is 18.5 Å². The van der Waals surface area contributed by atoms with E-state index in [1.54, 1.807) is 24.3 Å². The highest BCUT2D eigenvalue weighted by atomic mass is 16.5. The molecule has 0 heterocycles. The number of hydrogen-bond acceptors (Lipinski definition) is 4. The molecule has 1 saturated carbocycles. The van der Waals surface area contributed by atoms with Crippen molar-refractivity contribution in [2.45, 2.75) is 45.1 Å². The van der Waals surface area contributed by atoms with Crippen LogP contribution in [0.2, 0.25) is 0 Å². The Labute approximate surface area is 166 Å². The van der Waals surface area contributed by atoms with Gasteiger partial charge in [0.25, 0.3) is 5.91 Å². The molecule has 1 aliphatic rings. The van der Waals surface area contributed by atoms with Crippen LogP contribution in [0.3, 0.4) is 0 Å². The molecule has 2 aromatic rings. The van der Waals surface area contributed by atoms with Crippen LogP contribution in [0.25, 0.3) is 0 Å². The van der Waals surface area contributed by atoms with E-state index in [1.807, 2.05) is 30.3 Å². The molecule has 1 N–H and O–H groups in total. The molecule has 1 fully saturated rings. The minimum Gasteiger partial charge on any atom is -0.489 e. The number of rotatable bonds is 9. The molecule has 0 bridgehead atoms. The minimum atomic E-state index is -0.341. The van der Waals surface area contributed by atoms with Crippen molar-refractivity contribution in [3.8, 4) is 5.75 Å². The predicted octanol–water partition coefficient (Wildman–Crippen LogP) is 4.72. The lowest BCUT2D eigenvalue weighted by molar-refractivity contribution is -0.147. The van der Waals surface area contributed by atoms with Gasteiger partial charge in [-0.3, -0.25) is 9.59 Å². The van der Waals surface area contributed by atoms with Crippen LogP contribution in [0, 0.1) is 5.92 Å². The molecular formula is C23H27NO4. The molecule has 0 unspecified atom stereocenters. The zero-order valence-electron chi connectivity index (χ0n) is 16.1. The molecule has 28 heavy (non-hydrogen) atoms. The maximum absolute atomic E-state index is 12.0. The number of ether oxygens (including phenoxy) is 2. The van der Waals surface area contributed by atoms with E-state index in [-0.39, 0.29) is 18.5 Å². The van der Waals surface area contributed by atoms with Crippen LogP contribution < -0.4 is 10.1 Å². The Morgan fingerprint density at radius 1 is 0.964 bits per heavy atom. The Balaban J connectivity index is 1.34. The smallest absolute Gasteiger partial charge is 0.306 e. The maximum atomic E-state index is 12.0. The SMILES string of the molecule is O=C(COC(=O)CCC1CCCC1)Nc1ccc(OCc2ccccc2)cc1. The standard InChI is InChI=1S/C23H27NO4/c25-22(17-28-23(26)15-10-18-6-4-5-7-18)24-20-11-13-21(14-12-20)27-16-19-8-2-1-3-9-19/h1-3,8-9,11-14,18H,4-7,10,15-17H2,(H,24,25). The molecule has 1 amide bonds. The first-order chi connectivity index (χ1) is 13.7. The Hall–Kier alpha value is -2.82. The van der Waals surface area contributed by atoms with E-state index in [1.165, 1.54) is 25.7 Å². The van der Waals surface area contributed by atoms with Crippen molar-refractivity contribution in [2.75, 3.05) is 11.9 Å². The van der Waals surface area contributed by atoms with E-state index in [9.17, 15) is 9.59 Å². The Morgan fingerprint density at radius 2 is 1.68 bits per heavy atom. The quantitative estimate of drug-likeness (QED) is 0.639. The molecule has 0 radical (unpaired) electrons. The van der Waals surface area contributed by atoms with Gasteiger partial charge in [0.1, 0.15) is 12.4 Å². The molecule has 0 aliphatic heterocycles. The Kier molecular flexibility index (Phi) is 7.47. The van der Waals surface area contributed by atoms with Gasteiger partial charge in [-0.05, 0) is 42.2 Å². The summed E-state index contributed by atoms with van der Waals surface area (Å²) in [6.07, 6.45) is 6.20. The average Bonchev–Trinajstić information content (AvgIpc) is 3.25. The van der Waals surface area contributed by atoms with Crippen LogP contribution in [0.4, 0.5) is 5.69 Å². The van der Waals surface area contributed by atoms with Gasteiger partial charge >= 0.3 is 5.97 Å². The first-order valence-electron chi connectivity index (χ1n) is 9.91. The lowest BCUT2D eigenvalue weighted by Crippen LogP contribution is -2.21. The summed E-state index contributed by atoms with van der Waals surface area (Å²) in [6.45, 7) is 0.235. The van der Waals surface area contributed by atoms with Crippen molar-refractivity contribution in [1.82, 2.24) is 0 Å². The number of benzene rings is 2. The third-order valence-electron chi connectivity index (χ3n) is 4.98.